The second-order valence-corrected chi connectivity index (χ2v) is 15.7. The van der Waals surface area contributed by atoms with Gasteiger partial charge in [0.25, 0.3) is 0 Å². The number of fused-ring (bicyclic) bond motifs is 5. The molecule has 0 aromatic heterocycles. The van der Waals surface area contributed by atoms with E-state index >= 15 is 0 Å². The monoisotopic (exact) mass is 618 g/mol. The van der Waals surface area contributed by atoms with E-state index in [2.05, 4.69) is 6.92 Å². The Morgan fingerprint density at radius 2 is 1.58 bits per heavy atom. The van der Waals surface area contributed by atoms with Crippen LogP contribution in [-0.2, 0) is 19.8 Å². The number of allylic oxidation sites excluding steroid dienone is 1. The molecule has 1 saturated heterocycles. The minimum atomic E-state index is -1.57. The number of benzene rings is 2. The van der Waals surface area contributed by atoms with Gasteiger partial charge in [0.1, 0.15) is 17.8 Å². The maximum Gasteiger partial charge on any atom is 0.338 e. The molecule has 2 bridgehead atoms. The number of hydrogen-bond acceptors (Lipinski definition) is 7. The molecule has 0 radical (unpaired) electrons. The maximum absolute atomic E-state index is 14.0. The van der Waals surface area contributed by atoms with Crippen LogP contribution in [0.15, 0.2) is 71.8 Å². The van der Waals surface area contributed by atoms with E-state index in [0.717, 1.165) is 11.1 Å². The molecule has 3 aliphatic carbocycles. The summed E-state index contributed by atoms with van der Waals surface area (Å²) >= 11 is 0. The molecule has 4 aliphatic rings. The van der Waals surface area contributed by atoms with Crippen molar-refractivity contribution in [3.63, 3.8) is 0 Å². The minimum absolute atomic E-state index is 0.115. The van der Waals surface area contributed by atoms with E-state index in [9.17, 15) is 20.1 Å². The molecule has 45 heavy (non-hydrogen) atoms. The normalized spacial score (nSPS) is 40.7. The van der Waals surface area contributed by atoms with E-state index in [1.54, 1.807) is 24.3 Å². The highest BCUT2D eigenvalue weighted by Gasteiger charge is 2.75. The Morgan fingerprint density at radius 1 is 0.978 bits per heavy atom. The van der Waals surface area contributed by atoms with Crippen LogP contribution >= 0.6 is 0 Å². The molecular formula is C38H50O7. The van der Waals surface area contributed by atoms with Crippen LogP contribution in [0, 0.1) is 28.1 Å². The SMILES string of the molecule is CC1=C2[C@@H](O)[C@H](O)[C@]3(C)[C@@H](OC(C)(C)c4ccccc4)C[C@H]4OC[C@@]4(C)[C@H]3[C@H](OC(=O)c3ccccc3)[C@](O)(C[C@@H]1C)C2(C)C. The Balaban J connectivity index is 1.58. The molecule has 0 amide bonds. The van der Waals surface area contributed by atoms with Crippen LogP contribution in [-0.4, -0.2) is 64.0 Å². The fraction of sp³-hybridized carbons (Fsp3) is 0.605. The Kier molecular flexibility index (Phi) is 7.73. The largest absolute Gasteiger partial charge is 0.455 e. The molecular weight excluding hydrogens is 568 g/mol. The van der Waals surface area contributed by atoms with E-state index in [-0.39, 0.29) is 12.0 Å². The van der Waals surface area contributed by atoms with Crippen molar-refractivity contribution in [3.8, 4) is 0 Å². The molecule has 0 unspecified atom stereocenters. The summed E-state index contributed by atoms with van der Waals surface area (Å²) in [7, 11) is 0. The highest BCUT2D eigenvalue weighted by Crippen LogP contribution is 2.67. The Bertz CT molecular complexity index is 1470. The molecule has 7 heteroatoms. The van der Waals surface area contributed by atoms with Gasteiger partial charge in [-0.05, 0) is 56.4 Å². The van der Waals surface area contributed by atoms with Crippen molar-refractivity contribution in [2.24, 2.45) is 28.1 Å². The van der Waals surface area contributed by atoms with Gasteiger partial charge >= 0.3 is 5.97 Å². The zero-order valence-electron chi connectivity index (χ0n) is 27.9. The standard InChI is InChI=1S/C38H50O7/c1-22-20-38(42)32(44-33(41)24-15-11-9-12-16-24)30-36(7)21-43-26(36)19-27(45-35(5,6)25-17-13-10-14-18-25)37(30,8)31(40)29(39)28(23(22)2)34(38,3)4/h9-18,22,26-27,29-32,39-40,42H,19-21H2,1-8H3/t22-,26+,27-,29+,30+,31-,32-,36+,37+,38+/m0/s1. The van der Waals surface area contributed by atoms with Crippen molar-refractivity contribution in [1.82, 2.24) is 0 Å². The maximum atomic E-state index is 14.0. The van der Waals surface area contributed by atoms with E-state index in [4.69, 9.17) is 14.2 Å². The lowest BCUT2D eigenvalue weighted by atomic mass is 9.41. The molecule has 7 nitrogen and oxygen atoms in total. The molecule has 1 heterocycles. The fourth-order valence-corrected chi connectivity index (χ4v) is 9.57. The Hall–Kier alpha value is -2.55. The third-order valence-corrected chi connectivity index (χ3v) is 12.5. The van der Waals surface area contributed by atoms with E-state index in [1.807, 2.05) is 84.9 Å². The predicted molar refractivity (Wildman–Crippen MR) is 171 cm³/mol. The lowest BCUT2D eigenvalue weighted by Gasteiger charge is -2.70. The highest BCUT2D eigenvalue weighted by atomic mass is 16.6. The average molecular weight is 619 g/mol. The molecule has 244 valence electrons. The van der Waals surface area contributed by atoms with Crippen molar-refractivity contribution >= 4 is 5.97 Å². The molecule has 10 atom stereocenters. The fourth-order valence-electron chi connectivity index (χ4n) is 9.57. The first-order valence-corrected chi connectivity index (χ1v) is 16.4. The van der Waals surface area contributed by atoms with Crippen LogP contribution in [0.25, 0.3) is 0 Å². The summed E-state index contributed by atoms with van der Waals surface area (Å²) in [5, 5.41) is 38.0. The average Bonchev–Trinajstić information content (AvgIpc) is 3.00. The highest BCUT2D eigenvalue weighted by molar-refractivity contribution is 5.89. The first-order chi connectivity index (χ1) is 21.0. The lowest BCUT2D eigenvalue weighted by molar-refractivity contribution is -0.350. The summed E-state index contributed by atoms with van der Waals surface area (Å²) in [5.74, 6) is -1.27. The molecule has 2 saturated carbocycles. The quantitative estimate of drug-likeness (QED) is 0.287. The van der Waals surface area contributed by atoms with Gasteiger partial charge in [-0.25, -0.2) is 4.79 Å². The molecule has 6 rings (SSSR count). The topological polar surface area (TPSA) is 105 Å². The van der Waals surface area contributed by atoms with Gasteiger partial charge in [0, 0.05) is 28.6 Å². The van der Waals surface area contributed by atoms with Gasteiger partial charge in [0.15, 0.2) is 0 Å². The number of ether oxygens (including phenoxy) is 3. The third kappa shape index (κ3) is 4.60. The zero-order chi connectivity index (χ0) is 32.7. The number of esters is 1. The Labute approximate surface area is 267 Å². The Morgan fingerprint density at radius 3 is 2.16 bits per heavy atom. The van der Waals surface area contributed by atoms with Crippen molar-refractivity contribution < 1.29 is 34.3 Å². The summed E-state index contributed by atoms with van der Waals surface area (Å²) in [6.45, 7) is 16.3. The van der Waals surface area contributed by atoms with Crippen LogP contribution in [0.3, 0.4) is 0 Å². The van der Waals surface area contributed by atoms with Crippen LogP contribution < -0.4 is 0 Å². The van der Waals surface area contributed by atoms with Gasteiger partial charge in [-0.3, -0.25) is 0 Å². The second-order valence-electron chi connectivity index (χ2n) is 15.7. The molecule has 2 aromatic carbocycles. The van der Waals surface area contributed by atoms with Gasteiger partial charge in [-0.15, -0.1) is 0 Å². The molecule has 0 spiro atoms. The van der Waals surface area contributed by atoms with Crippen LogP contribution in [0.1, 0.15) is 84.2 Å². The number of aliphatic hydroxyl groups excluding tert-OH is 2. The van der Waals surface area contributed by atoms with Crippen molar-refractivity contribution in [1.29, 1.82) is 0 Å². The predicted octanol–water partition coefficient (Wildman–Crippen LogP) is 5.81. The lowest BCUT2D eigenvalue weighted by Crippen LogP contribution is -2.78. The van der Waals surface area contributed by atoms with Gasteiger partial charge in [0.05, 0.1) is 36.1 Å². The summed E-state index contributed by atoms with van der Waals surface area (Å²) in [4.78, 5) is 14.0. The van der Waals surface area contributed by atoms with E-state index < -0.39 is 63.8 Å². The number of rotatable bonds is 5. The van der Waals surface area contributed by atoms with Crippen molar-refractivity contribution in [3.05, 3.63) is 82.9 Å². The first-order valence-electron chi connectivity index (χ1n) is 16.4. The van der Waals surface area contributed by atoms with E-state index in [1.165, 1.54) is 0 Å². The van der Waals surface area contributed by atoms with Crippen LogP contribution in [0.5, 0.6) is 0 Å². The van der Waals surface area contributed by atoms with E-state index in [0.29, 0.717) is 30.6 Å². The number of hydrogen-bond donors (Lipinski definition) is 3. The second kappa shape index (κ2) is 10.7. The summed E-state index contributed by atoms with van der Waals surface area (Å²) in [6, 6.07) is 18.8. The third-order valence-electron chi connectivity index (χ3n) is 12.5. The van der Waals surface area contributed by atoms with Crippen molar-refractivity contribution in [2.75, 3.05) is 6.61 Å². The van der Waals surface area contributed by atoms with Gasteiger partial charge in [-0.1, -0.05) is 88.7 Å². The smallest absolute Gasteiger partial charge is 0.338 e. The molecule has 2 aromatic rings. The summed E-state index contributed by atoms with van der Waals surface area (Å²) in [6.07, 6.45) is -3.63. The first kappa shape index (κ1) is 32.4. The van der Waals surface area contributed by atoms with Gasteiger partial charge < -0.3 is 29.5 Å². The molecule has 3 fully saturated rings. The summed E-state index contributed by atoms with van der Waals surface area (Å²) in [5.41, 5.74) is -2.16. The van der Waals surface area contributed by atoms with Crippen LogP contribution in [0.2, 0.25) is 0 Å². The number of aliphatic hydroxyl groups is 3. The molecule has 1 aliphatic heterocycles. The minimum Gasteiger partial charge on any atom is -0.455 e. The van der Waals surface area contributed by atoms with Crippen molar-refractivity contribution in [2.45, 2.75) is 110 Å². The van der Waals surface area contributed by atoms with Gasteiger partial charge in [-0.2, -0.15) is 0 Å². The number of carbonyl (C=O) groups excluding carboxylic acids is 1. The summed E-state index contributed by atoms with van der Waals surface area (Å²) < 4.78 is 19.9. The van der Waals surface area contributed by atoms with Crippen LogP contribution in [0.4, 0.5) is 0 Å². The molecule has 3 N–H and O–H groups in total. The zero-order valence-corrected chi connectivity index (χ0v) is 27.9. The number of carbonyl (C=O) groups is 1. The van der Waals surface area contributed by atoms with Gasteiger partial charge in [0.2, 0.25) is 0 Å².